The summed E-state index contributed by atoms with van der Waals surface area (Å²) in [6, 6.07) is 11.7. The highest BCUT2D eigenvalue weighted by Gasteiger charge is 2.29. The molecule has 0 spiro atoms. The van der Waals surface area contributed by atoms with E-state index in [1.165, 1.54) is 6.08 Å². The van der Waals surface area contributed by atoms with Crippen molar-refractivity contribution in [1.29, 1.82) is 0 Å². The fraction of sp³-hybridized carbons (Fsp3) is 0.364. The molecule has 2 N–H and O–H groups in total. The van der Waals surface area contributed by atoms with Crippen molar-refractivity contribution < 1.29 is 17.9 Å². The zero-order valence-electron chi connectivity index (χ0n) is 26.7. The van der Waals surface area contributed by atoms with E-state index < -0.39 is 9.84 Å². The number of likely N-dealkylation sites (N-methyl/N-ethyl adjacent to an activating group) is 2. The number of amides is 1. The third-order valence-electron chi connectivity index (χ3n) is 7.88. The number of benzene rings is 2. The third-order valence-corrected chi connectivity index (χ3v) is 9.43. The summed E-state index contributed by atoms with van der Waals surface area (Å²) in [5.41, 5.74) is 5.72. The van der Waals surface area contributed by atoms with Crippen LogP contribution in [0.1, 0.15) is 24.6 Å². The molecule has 1 aliphatic rings. The molecule has 238 valence electrons. The number of para-hydroxylation sites is 1. The van der Waals surface area contributed by atoms with Crippen LogP contribution in [0.25, 0.3) is 22.2 Å². The molecule has 0 fully saturated rings. The van der Waals surface area contributed by atoms with E-state index in [9.17, 15) is 13.2 Å². The Morgan fingerprint density at radius 2 is 1.89 bits per heavy atom. The number of carbonyl (C=O) groups excluding carboxylic acids is 1. The number of allylic oxidation sites excluding steroid dienone is 1. The monoisotopic (exact) mass is 631 g/mol. The second-order valence-corrected chi connectivity index (χ2v) is 13.7. The van der Waals surface area contributed by atoms with Gasteiger partial charge in [-0.25, -0.2) is 18.4 Å². The average molecular weight is 632 g/mol. The van der Waals surface area contributed by atoms with Crippen molar-refractivity contribution in [2.45, 2.75) is 25.5 Å². The Bertz CT molecular complexity index is 1860. The van der Waals surface area contributed by atoms with Gasteiger partial charge in [-0.1, -0.05) is 31.2 Å². The number of aromatic nitrogens is 3. The van der Waals surface area contributed by atoms with Crippen LogP contribution in [0.15, 0.2) is 54.7 Å². The van der Waals surface area contributed by atoms with Gasteiger partial charge >= 0.3 is 0 Å². The van der Waals surface area contributed by atoms with E-state index in [2.05, 4.69) is 20.4 Å². The van der Waals surface area contributed by atoms with Crippen molar-refractivity contribution in [1.82, 2.24) is 19.4 Å². The second-order valence-electron chi connectivity index (χ2n) is 11.6. The number of sulfone groups is 1. The van der Waals surface area contributed by atoms with E-state index in [4.69, 9.17) is 14.7 Å². The maximum absolute atomic E-state index is 12.8. The zero-order valence-corrected chi connectivity index (χ0v) is 27.5. The Labute approximate surface area is 264 Å². The number of anilines is 4. The topological polar surface area (TPSA) is 122 Å². The molecular formula is C33H41N7O4S. The molecule has 4 aromatic rings. The molecule has 2 aromatic heterocycles. The summed E-state index contributed by atoms with van der Waals surface area (Å²) in [6.07, 6.45) is 6.36. The van der Waals surface area contributed by atoms with Crippen molar-refractivity contribution in [2.75, 3.05) is 62.6 Å². The molecule has 0 radical (unpaired) electrons. The summed E-state index contributed by atoms with van der Waals surface area (Å²) in [7, 11) is 6.27. The fourth-order valence-electron chi connectivity index (χ4n) is 5.48. The van der Waals surface area contributed by atoms with E-state index >= 15 is 0 Å². The van der Waals surface area contributed by atoms with E-state index in [0.717, 1.165) is 41.7 Å². The number of hydrogen-bond donors (Lipinski definition) is 2. The van der Waals surface area contributed by atoms with Gasteiger partial charge in [0, 0.05) is 67.9 Å². The number of ether oxygens (including phenoxy) is 1. The lowest BCUT2D eigenvalue weighted by Crippen LogP contribution is -2.29. The molecule has 1 aliphatic heterocycles. The molecule has 45 heavy (non-hydrogen) atoms. The number of fused-ring (bicyclic) bond motifs is 2. The highest BCUT2D eigenvalue weighted by molar-refractivity contribution is 7.90. The Morgan fingerprint density at radius 3 is 2.62 bits per heavy atom. The number of nitrogens with one attached hydrogen (secondary N) is 2. The molecule has 0 atom stereocenters. The molecule has 0 aliphatic carbocycles. The Morgan fingerprint density at radius 1 is 1.11 bits per heavy atom. The minimum atomic E-state index is -3.28. The molecule has 0 saturated heterocycles. The van der Waals surface area contributed by atoms with Gasteiger partial charge in [0.25, 0.3) is 0 Å². The predicted octanol–water partition coefficient (Wildman–Crippen LogP) is 4.76. The molecule has 3 heterocycles. The lowest BCUT2D eigenvalue weighted by Gasteiger charge is -2.26. The minimum Gasteiger partial charge on any atom is -0.494 e. The Balaban J connectivity index is 1.62. The first-order valence-electron chi connectivity index (χ1n) is 15.0. The van der Waals surface area contributed by atoms with Crippen molar-refractivity contribution >= 4 is 49.7 Å². The van der Waals surface area contributed by atoms with Crippen LogP contribution in [-0.2, 0) is 33.9 Å². The molecular weight excluding hydrogens is 590 g/mol. The lowest BCUT2D eigenvalue weighted by molar-refractivity contribution is -0.111. The zero-order chi connectivity index (χ0) is 32.3. The van der Waals surface area contributed by atoms with Gasteiger partial charge in [0.2, 0.25) is 11.9 Å². The number of methoxy groups -OCH3 is 1. The normalized spacial score (nSPS) is 14.1. The van der Waals surface area contributed by atoms with Gasteiger partial charge in [0.05, 0.1) is 47.1 Å². The minimum absolute atomic E-state index is 0.0319. The van der Waals surface area contributed by atoms with E-state index in [1.54, 1.807) is 7.11 Å². The largest absolute Gasteiger partial charge is 0.494 e. The van der Waals surface area contributed by atoms with Crippen LogP contribution in [0, 0.1) is 0 Å². The highest BCUT2D eigenvalue weighted by Crippen LogP contribution is 2.40. The number of hydrogen-bond acceptors (Lipinski definition) is 9. The smallest absolute Gasteiger partial charge is 0.248 e. The summed E-state index contributed by atoms with van der Waals surface area (Å²) in [5.74, 6) is 0.537. The molecule has 1 amide bonds. The molecule has 0 saturated carbocycles. The van der Waals surface area contributed by atoms with Crippen molar-refractivity contribution in [3.8, 4) is 17.0 Å². The molecule has 12 heteroatoms. The van der Waals surface area contributed by atoms with Gasteiger partial charge in [-0.2, -0.15) is 0 Å². The molecule has 5 rings (SSSR count). The number of nitrogens with zero attached hydrogens (tertiary/aromatic N) is 5. The average Bonchev–Trinajstić information content (AvgIpc) is 3.34. The first-order valence-corrected chi connectivity index (χ1v) is 16.8. The van der Waals surface area contributed by atoms with Crippen LogP contribution in [0.2, 0.25) is 0 Å². The summed E-state index contributed by atoms with van der Waals surface area (Å²) in [6.45, 7) is 3.51. The number of rotatable bonds is 11. The van der Waals surface area contributed by atoms with Gasteiger partial charge in [-0.15, -0.1) is 0 Å². The number of carbonyl (C=O) groups is 1. The number of aryl methyl sites for hydroxylation is 2. The van der Waals surface area contributed by atoms with Gasteiger partial charge < -0.3 is 29.7 Å². The second kappa shape index (κ2) is 13.3. The van der Waals surface area contributed by atoms with Gasteiger partial charge in [0.1, 0.15) is 5.75 Å². The molecule has 0 unspecified atom stereocenters. The highest BCUT2D eigenvalue weighted by atomic mass is 32.2. The summed E-state index contributed by atoms with van der Waals surface area (Å²) in [4.78, 5) is 26.7. The van der Waals surface area contributed by atoms with Crippen LogP contribution in [0.4, 0.5) is 23.0 Å². The summed E-state index contributed by atoms with van der Waals surface area (Å²) < 4.78 is 33.3. The molecule has 2 aromatic carbocycles. The van der Waals surface area contributed by atoms with Crippen molar-refractivity contribution in [3.05, 3.63) is 66.0 Å². The van der Waals surface area contributed by atoms with E-state index in [1.807, 2.05) is 88.4 Å². The summed E-state index contributed by atoms with van der Waals surface area (Å²) in [5, 5.41) is 7.33. The fourth-order valence-corrected chi connectivity index (χ4v) is 6.88. The van der Waals surface area contributed by atoms with Crippen LogP contribution in [0.5, 0.6) is 5.75 Å². The maximum Gasteiger partial charge on any atom is 0.248 e. The van der Waals surface area contributed by atoms with Crippen molar-refractivity contribution in [2.24, 2.45) is 7.05 Å². The maximum atomic E-state index is 12.8. The van der Waals surface area contributed by atoms with Gasteiger partial charge in [0.15, 0.2) is 9.84 Å². The van der Waals surface area contributed by atoms with Crippen LogP contribution in [0.3, 0.4) is 0 Å². The molecule has 0 bridgehead atoms. The van der Waals surface area contributed by atoms with E-state index in [0.29, 0.717) is 46.4 Å². The van der Waals surface area contributed by atoms with Crippen molar-refractivity contribution in [3.63, 3.8) is 0 Å². The SMILES string of the molecule is CC/C=C\C(=O)Nc1cc(Nc2nc3c(c(-c4cn(C)c5ccccc45)n2)CS(=O)(=O)CC3)c(OC)cc1N(C)CCN(C)C. The van der Waals surface area contributed by atoms with Gasteiger partial charge in [-0.3, -0.25) is 4.79 Å². The van der Waals surface area contributed by atoms with Crippen LogP contribution < -0.4 is 20.3 Å². The van der Waals surface area contributed by atoms with Crippen LogP contribution >= 0.6 is 0 Å². The first-order chi connectivity index (χ1) is 21.5. The Hall–Kier alpha value is -4.42. The van der Waals surface area contributed by atoms with E-state index in [-0.39, 0.29) is 17.4 Å². The Kier molecular flexibility index (Phi) is 9.45. The summed E-state index contributed by atoms with van der Waals surface area (Å²) >= 11 is 0. The molecule has 11 nitrogen and oxygen atoms in total. The standard InChI is InChI=1S/C33H41N7O4S/c1-7-8-13-31(41)34-26-18-27(30(44-6)19-29(26)39(4)16-15-38(2)3)36-33-35-25-14-17-45(42,43)21-24(25)32(37-33)23-20-40(5)28-12-10-9-11-22(23)28/h8-13,18-20H,7,14-17,21H2,1-6H3,(H,34,41)(H,35,36,37)/b13-8-. The third kappa shape index (κ3) is 7.12. The quantitative estimate of drug-likeness (QED) is 0.226. The lowest BCUT2D eigenvalue weighted by atomic mass is 10.0. The first kappa shape index (κ1) is 32.0. The van der Waals surface area contributed by atoms with Crippen LogP contribution in [-0.4, -0.2) is 80.9 Å². The van der Waals surface area contributed by atoms with Gasteiger partial charge in [-0.05, 0) is 38.7 Å². The predicted molar refractivity (Wildman–Crippen MR) is 181 cm³/mol.